The van der Waals surface area contributed by atoms with Gasteiger partial charge in [0.15, 0.2) is 0 Å². The summed E-state index contributed by atoms with van der Waals surface area (Å²) in [5.41, 5.74) is 2.44. The van der Waals surface area contributed by atoms with Crippen molar-refractivity contribution in [3.63, 3.8) is 0 Å². The topological polar surface area (TPSA) is 50.4 Å². The van der Waals surface area contributed by atoms with Gasteiger partial charge in [-0.1, -0.05) is 30.3 Å². The van der Waals surface area contributed by atoms with Crippen LogP contribution in [-0.2, 0) is 16.0 Å². The van der Waals surface area contributed by atoms with E-state index in [1.807, 2.05) is 18.2 Å². The molecule has 3 rings (SSSR count). The van der Waals surface area contributed by atoms with Crippen molar-refractivity contribution in [2.45, 2.75) is 25.5 Å². The molecule has 6 heteroatoms. The van der Waals surface area contributed by atoms with Crippen molar-refractivity contribution < 1.29 is 9.53 Å². The summed E-state index contributed by atoms with van der Waals surface area (Å²) in [6, 6.07) is 12.3. The first-order valence-electron chi connectivity index (χ1n) is 7.94. The van der Waals surface area contributed by atoms with Crippen LogP contribution in [0.25, 0.3) is 0 Å². The molecule has 2 unspecified atom stereocenters. The van der Waals surface area contributed by atoms with Crippen LogP contribution in [0.1, 0.15) is 22.0 Å². The second-order valence-corrected chi connectivity index (χ2v) is 6.73. The highest BCUT2D eigenvalue weighted by Crippen LogP contribution is 2.27. The molecule has 1 aliphatic rings. The number of hydrogen-bond donors (Lipinski definition) is 2. The van der Waals surface area contributed by atoms with Crippen molar-refractivity contribution in [3.05, 3.63) is 57.8 Å². The first-order valence-corrected chi connectivity index (χ1v) is 8.82. The minimum atomic E-state index is -0.401. The number of hydrogen-bond acceptors (Lipinski definition) is 4. The molecule has 1 amide bonds. The molecule has 130 valence electrons. The molecule has 0 aliphatic carbocycles. The fourth-order valence-electron chi connectivity index (χ4n) is 2.80. The van der Waals surface area contributed by atoms with Crippen molar-refractivity contribution in [2.75, 3.05) is 19.7 Å². The van der Waals surface area contributed by atoms with Crippen molar-refractivity contribution in [2.24, 2.45) is 0 Å². The average molecular weight is 367 g/mol. The molecule has 2 aromatic rings. The zero-order valence-electron chi connectivity index (χ0n) is 13.7. The van der Waals surface area contributed by atoms with Crippen molar-refractivity contribution >= 4 is 29.7 Å². The van der Waals surface area contributed by atoms with Gasteiger partial charge in [0.25, 0.3) is 5.91 Å². The number of aryl methyl sites for hydroxylation is 1. The van der Waals surface area contributed by atoms with Gasteiger partial charge >= 0.3 is 0 Å². The SMILES string of the molecule is Cc1ccsc1C(Cc1ccccc1)NC(=O)C1CNCCO1.Cl. The molecule has 1 aliphatic heterocycles. The normalized spacial score (nSPS) is 18.5. The van der Waals surface area contributed by atoms with E-state index in [1.54, 1.807) is 11.3 Å². The summed E-state index contributed by atoms with van der Waals surface area (Å²) >= 11 is 1.69. The highest BCUT2D eigenvalue weighted by atomic mass is 35.5. The predicted molar refractivity (Wildman–Crippen MR) is 99.9 cm³/mol. The Hall–Kier alpha value is -1.40. The monoisotopic (exact) mass is 366 g/mol. The fraction of sp³-hybridized carbons (Fsp3) is 0.389. The third-order valence-corrected chi connectivity index (χ3v) is 5.17. The summed E-state index contributed by atoms with van der Waals surface area (Å²) in [5.74, 6) is -0.0362. The fourth-order valence-corrected chi connectivity index (χ4v) is 3.78. The van der Waals surface area contributed by atoms with E-state index in [4.69, 9.17) is 4.74 Å². The van der Waals surface area contributed by atoms with Gasteiger partial charge in [0.2, 0.25) is 0 Å². The van der Waals surface area contributed by atoms with E-state index in [9.17, 15) is 4.79 Å². The maximum Gasteiger partial charge on any atom is 0.250 e. The van der Waals surface area contributed by atoms with Gasteiger partial charge in [0.1, 0.15) is 6.10 Å². The molecule has 1 fully saturated rings. The maximum atomic E-state index is 12.5. The lowest BCUT2D eigenvalue weighted by Crippen LogP contribution is -2.48. The van der Waals surface area contributed by atoms with Crippen LogP contribution in [0.15, 0.2) is 41.8 Å². The van der Waals surface area contributed by atoms with Crippen LogP contribution in [0.5, 0.6) is 0 Å². The van der Waals surface area contributed by atoms with Gasteiger partial charge in [-0.3, -0.25) is 4.79 Å². The quantitative estimate of drug-likeness (QED) is 0.855. The standard InChI is InChI=1S/C18H22N2O2S.ClH/c1-13-7-10-23-17(13)15(11-14-5-3-2-4-6-14)20-18(21)16-12-19-8-9-22-16;/h2-7,10,15-16,19H,8-9,11-12H2,1H3,(H,20,21);1H. The van der Waals surface area contributed by atoms with Gasteiger partial charge in [-0.25, -0.2) is 0 Å². The van der Waals surface area contributed by atoms with Crippen LogP contribution in [-0.4, -0.2) is 31.7 Å². The van der Waals surface area contributed by atoms with E-state index in [-0.39, 0.29) is 24.4 Å². The summed E-state index contributed by atoms with van der Waals surface area (Å²) < 4.78 is 5.57. The Morgan fingerprint density at radius 3 is 2.79 bits per heavy atom. The Morgan fingerprint density at radius 1 is 1.38 bits per heavy atom. The van der Waals surface area contributed by atoms with E-state index in [1.165, 1.54) is 16.0 Å². The van der Waals surface area contributed by atoms with Gasteiger partial charge in [-0.15, -0.1) is 23.7 Å². The van der Waals surface area contributed by atoms with E-state index < -0.39 is 6.10 Å². The molecular weight excluding hydrogens is 344 g/mol. The highest BCUT2D eigenvalue weighted by molar-refractivity contribution is 7.10. The minimum Gasteiger partial charge on any atom is -0.366 e. The van der Waals surface area contributed by atoms with Gasteiger partial charge in [0.05, 0.1) is 12.6 Å². The predicted octanol–water partition coefficient (Wildman–Crippen LogP) is 2.87. The lowest BCUT2D eigenvalue weighted by molar-refractivity contribution is -0.135. The second kappa shape index (κ2) is 9.18. The van der Waals surface area contributed by atoms with Crippen LogP contribution >= 0.6 is 23.7 Å². The minimum absolute atomic E-state index is 0. The molecule has 4 nitrogen and oxygen atoms in total. The van der Waals surface area contributed by atoms with Gasteiger partial charge < -0.3 is 15.4 Å². The number of ether oxygens (including phenoxy) is 1. The summed E-state index contributed by atoms with van der Waals surface area (Å²) in [5, 5.41) is 8.46. The lowest BCUT2D eigenvalue weighted by atomic mass is 10.0. The second-order valence-electron chi connectivity index (χ2n) is 5.78. The van der Waals surface area contributed by atoms with Crippen LogP contribution in [0, 0.1) is 6.92 Å². The molecule has 1 aromatic carbocycles. The Kier molecular flexibility index (Phi) is 7.24. The average Bonchev–Trinajstić information content (AvgIpc) is 3.02. The number of rotatable bonds is 5. The van der Waals surface area contributed by atoms with Gasteiger partial charge in [-0.2, -0.15) is 0 Å². The first-order chi connectivity index (χ1) is 11.2. The van der Waals surface area contributed by atoms with E-state index in [0.29, 0.717) is 13.2 Å². The third-order valence-electron chi connectivity index (χ3n) is 4.04. The number of morpholine rings is 1. The van der Waals surface area contributed by atoms with Crippen LogP contribution in [0.2, 0.25) is 0 Å². The number of carbonyl (C=O) groups is 1. The molecular formula is C18H23ClN2O2S. The first kappa shape index (κ1) is 18.9. The van der Waals surface area contributed by atoms with Crippen LogP contribution < -0.4 is 10.6 Å². The number of amides is 1. The van der Waals surface area contributed by atoms with E-state index in [0.717, 1.165) is 13.0 Å². The summed E-state index contributed by atoms with van der Waals surface area (Å²) in [6.45, 7) is 4.06. The Balaban J connectivity index is 0.00000208. The molecule has 1 aromatic heterocycles. The van der Waals surface area contributed by atoms with Crippen molar-refractivity contribution in [1.82, 2.24) is 10.6 Å². The molecule has 1 saturated heterocycles. The number of benzene rings is 1. The number of carbonyl (C=O) groups excluding carboxylic acids is 1. The molecule has 24 heavy (non-hydrogen) atoms. The maximum absolute atomic E-state index is 12.5. The summed E-state index contributed by atoms with van der Waals surface area (Å²) in [7, 11) is 0. The molecule has 2 atom stereocenters. The highest BCUT2D eigenvalue weighted by Gasteiger charge is 2.26. The van der Waals surface area contributed by atoms with Gasteiger partial charge in [-0.05, 0) is 35.9 Å². The van der Waals surface area contributed by atoms with Crippen molar-refractivity contribution in [1.29, 1.82) is 0 Å². The Bertz CT molecular complexity index is 641. The number of halogens is 1. The molecule has 0 radical (unpaired) electrons. The molecule has 0 bridgehead atoms. The van der Waals surface area contributed by atoms with Crippen molar-refractivity contribution in [3.8, 4) is 0 Å². The Morgan fingerprint density at radius 2 is 2.17 bits per heavy atom. The van der Waals surface area contributed by atoms with Crippen LogP contribution in [0.4, 0.5) is 0 Å². The summed E-state index contributed by atoms with van der Waals surface area (Å²) in [6.07, 6.45) is 0.385. The molecule has 2 N–H and O–H groups in total. The molecule has 0 saturated carbocycles. The number of nitrogens with one attached hydrogen (secondary N) is 2. The summed E-state index contributed by atoms with van der Waals surface area (Å²) in [4.78, 5) is 13.7. The molecule has 0 spiro atoms. The largest absolute Gasteiger partial charge is 0.366 e. The van der Waals surface area contributed by atoms with E-state index in [2.05, 4.69) is 41.1 Å². The van der Waals surface area contributed by atoms with Gasteiger partial charge in [0, 0.05) is 18.0 Å². The van der Waals surface area contributed by atoms with E-state index >= 15 is 0 Å². The number of thiophene rings is 1. The zero-order valence-corrected chi connectivity index (χ0v) is 15.3. The lowest BCUT2D eigenvalue weighted by Gasteiger charge is -2.26. The third kappa shape index (κ3) is 4.80. The van der Waals surface area contributed by atoms with Crippen LogP contribution in [0.3, 0.4) is 0 Å². The smallest absolute Gasteiger partial charge is 0.250 e. The Labute approximate surface area is 153 Å². The zero-order chi connectivity index (χ0) is 16.1. The molecule has 2 heterocycles.